The molecule has 0 bridgehead atoms. The van der Waals surface area contributed by atoms with E-state index in [0.717, 1.165) is 0 Å². The van der Waals surface area contributed by atoms with Crippen LogP contribution in [-0.2, 0) is 0 Å². The second kappa shape index (κ2) is 16.6. The van der Waals surface area contributed by atoms with Gasteiger partial charge in [0, 0.05) is 0 Å². The molecule has 0 spiro atoms. The van der Waals surface area contributed by atoms with E-state index >= 15 is 0 Å². The standard InChI is InChI=1S/C23H46/c1-5-7-9-11-13-14-15-16-18-20-22-23(3,4)21-19-17-12-10-8-6-2/h9,11H,5-8,10,12-22H2,1-4H3. The molecule has 0 amide bonds. The summed E-state index contributed by atoms with van der Waals surface area (Å²) >= 11 is 0. The van der Waals surface area contributed by atoms with Gasteiger partial charge in [-0.15, -0.1) is 0 Å². The third-order valence-electron chi connectivity index (χ3n) is 5.05. The van der Waals surface area contributed by atoms with Crippen molar-refractivity contribution in [1.29, 1.82) is 0 Å². The first-order valence-electron chi connectivity index (χ1n) is 10.8. The van der Waals surface area contributed by atoms with Crippen LogP contribution in [0.25, 0.3) is 0 Å². The molecule has 0 aromatic carbocycles. The van der Waals surface area contributed by atoms with Crippen molar-refractivity contribution in [2.45, 2.75) is 130 Å². The van der Waals surface area contributed by atoms with Gasteiger partial charge in [-0.05, 0) is 37.5 Å². The van der Waals surface area contributed by atoms with Gasteiger partial charge >= 0.3 is 0 Å². The molecule has 0 saturated heterocycles. The van der Waals surface area contributed by atoms with E-state index in [1.807, 2.05) is 0 Å². The fourth-order valence-electron chi connectivity index (χ4n) is 3.31. The second-order valence-corrected chi connectivity index (χ2v) is 8.25. The number of rotatable bonds is 17. The van der Waals surface area contributed by atoms with Crippen molar-refractivity contribution in [1.82, 2.24) is 0 Å². The first-order valence-corrected chi connectivity index (χ1v) is 10.8. The Kier molecular flexibility index (Phi) is 16.4. The van der Waals surface area contributed by atoms with Gasteiger partial charge in [0.25, 0.3) is 0 Å². The molecule has 0 heterocycles. The Morgan fingerprint density at radius 3 is 1.57 bits per heavy atom. The SMILES string of the molecule is CCCC=CCCCCCCCC(C)(C)CCCCCCCC. The lowest BCUT2D eigenvalue weighted by Crippen LogP contribution is -2.11. The maximum Gasteiger partial charge on any atom is -0.0351 e. The van der Waals surface area contributed by atoms with Crippen molar-refractivity contribution in [3.63, 3.8) is 0 Å². The Balaban J connectivity index is 3.37. The zero-order valence-corrected chi connectivity index (χ0v) is 17.0. The number of unbranched alkanes of at least 4 members (excludes halogenated alkanes) is 11. The van der Waals surface area contributed by atoms with Gasteiger partial charge in [-0.1, -0.05) is 110 Å². The van der Waals surface area contributed by atoms with E-state index in [0.29, 0.717) is 5.41 Å². The summed E-state index contributed by atoms with van der Waals surface area (Å²) in [5, 5.41) is 0. The minimum Gasteiger partial charge on any atom is -0.0885 e. The zero-order chi connectivity index (χ0) is 17.2. The van der Waals surface area contributed by atoms with Gasteiger partial charge in [0.1, 0.15) is 0 Å². The first-order chi connectivity index (χ1) is 11.1. The number of hydrogen-bond donors (Lipinski definition) is 0. The highest BCUT2D eigenvalue weighted by Crippen LogP contribution is 2.30. The lowest BCUT2D eigenvalue weighted by molar-refractivity contribution is 0.282. The molecule has 0 aromatic rings. The van der Waals surface area contributed by atoms with E-state index in [2.05, 4.69) is 39.8 Å². The van der Waals surface area contributed by atoms with Gasteiger partial charge in [-0.25, -0.2) is 0 Å². The van der Waals surface area contributed by atoms with Crippen LogP contribution in [0.5, 0.6) is 0 Å². The molecule has 0 fully saturated rings. The molecule has 0 radical (unpaired) electrons. The fraction of sp³-hybridized carbons (Fsp3) is 0.913. The maximum absolute atomic E-state index is 2.48. The van der Waals surface area contributed by atoms with E-state index in [9.17, 15) is 0 Å². The largest absolute Gasteiger partial charge is 0.0885 e. The van der Waals surface area contributed by atoms with Crippen molar-refractivity contribution < 1.29 is 0 Å². The topological polar surface area (TPSA) is 0 Å². The van der Waals surface area contributed by atoms with E-state index in [1.165, 1.54) is 103 Å². The Bertz CT molecular complexity index is 249. The normalized spacial score (nSPS) is 12.3. The molecule has 138 valence electrons. The number of hydrogen-bond acceptors (Lipinski definition) is 0. The third kappa shape index (κ3) is 17.9. The van der Waals surface area contributed by atoms with Gasteiger partial charge in [0.2, 0.25) is 0 Å². The second-order valence-electron chi connectivity index (χ2n) is 8.25. The highest BCUT2D eigenvalue weighted by molar-refractivity contribution is 4.80. The molecule has 0 aliphatic heterocycles. The summed E-state index contributed by atoms with van der Waals surface area (Å²) in [6, 6.07) is 0. The summed E-state index contributed by atoms with van der Waals surface area (Å²) in [4.78, 5) is 0. The van der Waals surface area contributed by atoms with Crippen molar-refractivity contribution in [2.24, 2.45) is 5.41 Å². The lowest BCUT2D eigenvalue weighted by atomic mass is 9.82. The molecule has 0 aliphatic carbocycles. The maximum atomic E-state index is 2.48. The highest BCUT2D eigenvalue weighted by atomic mass is 14.2. The van der Waals surface area contributed by atoms with Crippen LogP contribution in [0.2, 0.25) is 0 Å². The average molecular weight is 323 g/mol. The Hall–Kier alpha value is -0.260. The monoisotopic (exact) mass is 322 g/mol. The average Bonchev–Trinajstić information content (AvgIpc) is 2.52. The molecule has 0 rings (SSSR count). The molecule has 0 unspecified atom stereocenters. The molecule has 23 heavy (non-hydrogen) atoms. The van der Waals surface area contributed by atoms with Crippen LogP contribution in [0.15, 0.2) is 12.2 Å². The molecule has 0 aromatic heterocycles. The lowest BCUT2D eigenvalue weighted by Gasteiger charge is -2.24. The van der Waals surface area contributed by atoms with Gasteiger partial charge < -0.3 is 0 Å². The van der Waals surface area contributed by atoms with Gasteiger partial charge in [-0.2, -0.15) is 0 Å². The van der Waals surface area contributed by atoms with E-state index in [-0.39, 0.29) is 0 Å². The van der Waals surface area contributed by atoms with Crippen LogP contribution in [0.1, 0.15) is 130 Å². The van der Waals surface area contributed by atoms with E-state index in [1.54, 1.807) is 0 Å². The van der Waals surface area contributed by atoms with Crippen LogP contribution in [0, 0.1) is 5.41 Å². The van der Waals surface area contributed by atoms with Crippen LogP contribution in [-0.4, -0.2) is 0 Å². The summed E-state index contributed by atoms with van der Waals surface area (Å²) in [5.41, 5.74) is 0.577. The molecule has 0 aliphatic rings. The smallest absolute Gasteiger partial charge is 0.0351 e. The predicted octanol–water partition coefficient (Wildman–Crippen LogP) is 8.85. The highest BCUT2D eigenvalue weighted by Gasteiger charge is 2.16. The van der Waals surface area contributed by atoms with Crippen molar-refractivity contribution in [3.8, 4) is 0 Å². The molecule has 0 heteroatoms. The quantitative estimate of drug-likeness (QED) is 0.185. The molecular formula is C23H46. The van der Waals surface area contributed by atoms with Crippen LogP contribution in [0.4, 0.5) is 0 Å². The van der Waals surface area contributed by atoms with Crippen molar-refractivity contribution >= 4 is 0 Å². The molecule has 0 N–H and O–H groups in total. The minimum absolute atomic E-state index is 0.577. The zero-order valence-electron chi connectivity index (χ0n) is 17.0. The summed E-state index contributed by atoms with van der Waals surface area (Å²) in [5.74, 6) is 0. The Morgan fingerprint density at radius 1 is 0.522 bits per heavy atom. The van der Waals surface area contributed by atoms with Crippen molar-refractivity contribution in [2.75, 3.05) is 0 Å². The third-order valence-corrected chi connectivity index (χ3v) is 5.05. The fourth-order valence-corrected chi connectivity index (χ4v) is 3.31. The van der Waals surface area contributed by atoms with Crippen LogP contribution < -0.4 is 0 Å². The minimum atomic E-state index is 0.577. The Morgan fingerprint density at radius 2 is 1.00 bits per heavy atom. The summed E-state index contributed by atoms with van der Waals surface area (Å²) in [6.45, 7) is 9.51. The predicted molar refractivity (Wildman–Crippen MR) is 108 cm³/mol. The number of allylic oxidation sites excluding steroid dienone is 2. The first kappa shape index (κ1) is 22.7. The molecule has 0 saturated carbocycles. The molecule has 0 atom stereocenters. The summed E-state index contributed by atoms with van der Waals surface area (Å²) in [6.07, 6.45) is 27.2. The summed E-state index contributed by atoms with van der Waals surface area (Å²) in [7, 11) is 0. The van der Waals surface area contributed by atoms with E-state index < -0.39 is 0 Å². The molecule has 0 nitrogen and oxygen atoms in total. The van der Waals surface area contributed by atoms with Gasteiger partial charge in [-0.3, -0.25) is 0 Å². The Labute approximate surface area is 148 Å². The van der Waals surface area contributed by atoms with Crippen molar-refractivity contribution in [3.05, 3.63) is 12.2 Å². The van der Waals surface area contributed by atoms with Crippen LogP contribution in [0.3, 0.4) is 0 Å². The van der Waals surface area contributed by atoms with Gasteiger partial charge in [0.05, 0.1) is 0 Å². The molecular weight excluding hydrogens is 276 g/mol. The summed E-state index contributed by atoms with van der Waals surface area (Å²) < 4.78 is 0. The van der Waals surface area contributed by atoms with E-state index in [4.69, 9.17) is 0 Å². The van der Waals surface area contributed by atoms with Gasteiger partial charge in [0.15, 0.2) is 0 Å². The van der Waals surface area contributed by atoms with Crippen LogP contribution >= 0.6 is 0 Å².